The highest BCUT2D eigenvalue weighted by Gasteiger charge is 2.32. The van der Waals surface area contributed by atoms with Gasteiger partial charge < -0.3 is 10.1 Å². The van der Waals surface area contributed by atoms with Gasteiger partial charge in [-0.25, -0.2) is 5.01 Å². The van der Waals surface area contributed by atoms with Crippen molar-refractivity contribution in [2.75, 3.05) is 52.5 Å². The molecule has 0 aliphatic carbocycles. The molecule has 9 heteroatoms. The Bertz CT molecular complexity index is 708. The summed E-state index contributed by atoms with van der Waals surface area (Å²) in [4.78, 5) is 15.5. The van der Waals surface area contributed by atoms with Gasteiger partial charge in [0, 0.05) is 51.7 Å². The molecule has 1 aromatic heterocycles. The first-order valence-corrected chi connectivity index (χ1v) is 10.4. The molecule has 1 amide bonds. The molecule has 2 aliphatic rings. The van der Waals surface area contributed by atoms with Gasteiger partial charge >= 0.3 is 0 Å². The van der Waals surface area contributed by atoms with Gasteiger partial charge in [-0.1, -0.05) is 20.8 Å². The molecule has 2 fully saturated rings. The quantitative estimate of drug-likeness (QED) is 0.745. The number of aryl methyl sites for hydroxylation is 1. The van der Waals surface area contributed by atoms with Crippen LogP contribution in [0.5, 0.6) is 0 Å². The molecule has 0 spiro atoms. The first-order chi connectivity index (χ1) is 13.3. The van der Waals surface area contributed by atoms with Crippen LogP contribution in [0.4, 0.5) is 0 Å². The number of carbonyl (C=O) groups is 1. The van der Waals surface area contributed by atoms with Crippen molar-refractivity contribution >= 4 is 23.2 Å². The largest absolute Gasteiger partial charge is 0.379 e. The van der Waals surface area contributed by atoms with Gasteiger partial charge in [-0.2, -0.15) is 5.10 Å². The summed E-state index contributed by atoms with van der Waals surface area (Å²) in [5.41, 5.74) is 1.40. The zero-order chi connectivity index (χ0) is 20.3. The fraction of sp³-hybridized carbons (Fsp3) is 0.737. The van der Waals surface area contributed by atoms with Crippen molar-refractivity contribution in [3.63, 3.8) is 0 Å². The lowest BCUT2D eigenvalue weighted by Crippen LogP contribution is -2.51. The highest BCUT2D eigenvalue weighted by Crippen LogP contribution is 2.23. The summed E-state index contributed by atoms with van der Waals surface area (Å²) < 4.78 is 7.05. The Morgan fingerprint density at radius 2 is 1.89 bits per heavy atom. The number of hydrazine groups is 1. The van der Waals surface area contributed by atoms with Crippen molar-refractivity contribution in [1.82, 2.24) is 30.0 Å². The van der Waals surface area contributed by atoms with Crippen molar-refractivity contribution in [2.45, 2.75) is 32.6 Å². The number of thiocarbonyl (C=S) groups is 1. The maximum Gasteiger partial charge on any atom is 0.290 e. The smallest absolute Gasteiger partial charge is 0.290 e. The summed E-state index contributed by atoms with van der Waals surface area (Å²) in [6.45, 7) is 12.9. The minimum absolute atomic E-state index is 0.0553. The standard InChI is InChI=1S/C19H32N6O2S/c1-19(2,3)16-14-15(22(4)21-16)17(26)24-7-5-8-25(24)18(28)20-6-9-23-10-12-27-13-11-23/h14H,5-13H2,1-4H3,(H,20,28). The molecule has 0 bridgehead atoms. The second kappa shape index (κ2) is 8.75. The van der Waals surface area contributed by atoms with Gasteiger partial charge in [-0.15, -0.1) is 0 Å². The Labute approximate surface area is 172 Å². The number of morpholine rings is 1. The van der Waals surface area contributed by atoms with Gasteiger partial charge in [0.2, 0.25) is 0 Å². The van der Waals surface area contributed by atoms with Crippen LogP contribution in [0, 0.1) is 0 Å². The predicted octanol–water partition coefficient (Wildman–Crippen LogP) is 0.987. The molecular formula is C19H32N6O2S. The fourth-order valence-corrected chi connectivity index (χ4v) is 3.73. The third-order valence-electron chi connectivity index (χ3n) is 5.18. The lowest BCUT2D eigenvalue weighted by Gasteiger charge is -2.31. The Balaban J connectivity index is 1.59. The molecule has 156 valence electrons. The first-order valence-electron chi connectivity index (χ1n) is 9.99. The van der Waals surface area contributed by atoms with Crippen molar-refractivity contribution < 1.29 is 9.53 Å². The second-order valence-corrected chi connectivity index (χ2v) is 8.77. The van der Waals surface area contributed by atoms with E-state index in [0.717, 1.165) is 58.1 Å². The van der Waals surface area contributed by atoms with Crippen LogP contribution in [0.3, 0.4) is 0 Å². The zero-order valence-corrected chi connectivity index (χ0v) is 18.2. The molecule has 0 atom stereocenters. The number of nitrogens with one attached hydrogen (secondary N) is 1. The van der Waals surface area contributed by atoms with Crippen LogP contribution >= 0.6 is 12.2 Å². The maximum atomic E-state index is 13.2. The zero-order valence-electron chi connectivity index (χ0n) is 17.4. The number of carbonyl (C=O) groups excluding carboxylic acids is 1. The van der Waals surface area contributed by atoms with Crippen LogP contribution in [-0.4, -0.2) is 88.2 Å². The van der Waals surface area contributed by atoms with Crippen LogP contribution in [-0.2, 0) is 17.2 Å². The minimum atomic E-state index is -0.0999. The van der Waals surface area contributed by atoms with E-state index in [-0.39, 0.29) is 11.3 Å². The molecule has 3 heterocycles. The average molecular weight is 409 g/mol. The molecule has 1 N–H and O–H groups in total. The summed E-state index contributed by atoms with van der Waals surface area (Å²) in [5, 5.41) is 12.1. The van der Waals surface area contributed by atoms with E-state index in [0.29, 0.717) is 17.4 Å². The maximum absolute atomic E-state index is 13.2. The predicted molar refractivity (Wildman–Crippen MR) is 112 cm³/mol. The van der Waals surface area contributed by atoms with Gasteiger partial charge in [0.05, 0.1) is 18.9 Å². The summed E-state index contributed by atoms with van der Waals surface area (Å²) in [6.07, 6.45) is 0.904. The third-order valence-corrected chi connectivity index (χ3v) is 5.53. The van der Waals surface area contributed by atoms with Crippen LogP contribution in [0.15, 0.2) is 6.07 Å². The summed E-state index contributed by atoms with van der Waals surface area (Å²) in [6, 6.07) is 1.90. The Hall–Kier alpha value is -1.71. The van der Waals surface area contributed by atoms with E-state index >= 15 is 0 Å². The number of nitrogens with zero attached hydrogens (tertiary/aromatic N) is 5. The van der Waals surface area contributed by atoms with Gasteiger partial charge in [-0.05, 0) is 24.7 Å². The van der Waals surface area contributed by atoms with E-state index in [4.69, 9.17) is 17.0 Å². The Kier molecular flexibility index (Phi) is 6.57. The van der Waals surface area contributed by atoms with E-state index in [2.05, 4.69) is 36.1 Å². The van der Waals surface area contributed by atoms with Crippen LogP contribution in [0.25, 0.3) is 0 Å². The van der Waals surface area contributed by atoms with E-state index in [1.807, 2.05) is 18.1 Å². The number of hydrogen-bond acceptors (Lipinski definition) is 5. The highest BCUT2D eigenvalue weighted by atomic mass is 32.1. The van der Waals surface area contributed by atoms with Crippen LogP contribution < -0.4 is 5.32 Å². The number of rotatable bonds is 4. The first kappa shape index (κ1) is 21.0. The molecule has 2 saturated heterocycles. The Morgan fingerprint density at radius 1 is 1.21 bits per heavy atom. The Morgan fingerprint density at radius 3 is 2.54 bits per heavy atom. The normalized spacial score (nSPS) is 18.6. The van der Waals surface area contributed by atoms with Crippen LogP contribution in [0.1, 0.15) is 43.4 Å². The van der Waals surface area contributed by atoms with Crippen molar-refractivity contribution in [3.8, 4) is 0 Å². The molecule has 8 nitrogen and oxygen atoms in total. The molecule has 1 aromatic rings. The number of ether oxygens (including phenoxy) is 1. The summed E-state index contributed by atoms with van der Waals surface area (Å²) in [5.74, 6) is -0.0553. The lowest BCUT2D eigenvalue weighted by atomic mass is 9.92. The van der Waals surface area contributed by atoms with Crippen LogP contribution in [0.2, 0.25) is 0 Å². The molecule has 0 radical (unpaired) electrons. The molecule has 0 aromatic carbocycles. The molecule has 28 heavy (non-hydrogen) atoms. The topological polar surface area (TPSA) is 65.9 Å². The number of hydrogen-bond donors (Lipinski definition) is 1. The van der Waals surface area contributed by atoms with E-state index in [1.54, 1.807) is 9.69 Å². The molecule has 0 unspecified atom stereocenters. The SMILES string of the molecule is Cn1nc(C(C)(C)C)cc1C(=O)N1CCCN1C(=S)NCCN1CCOCC1. The lowest BCUT2D eigenvalue weighted by molar-refractivity contribution is 0.0381. The van der Waals surface area contributed by atoms with Gasteiger partial charge in [-0.3, -0.25) is 19.4 Å². The van der Waals surface area contributed by atoms with E-state index in [9.17, 15) is 4.79 Å². The third kappa shape index (κ3) is 4.82. The van der Waals surface area contributed by atoms with Crippen molar-refractivity contribution in [3.05, 3.63) is 17.5 Å². The highest BCUT2D eigenvalue weighted by molar-refractivity contribution is 7.80. The van der Waals surface area contributed by atoms with Gasteiger partial charge in [0.1, 0.15) is 5.69 Å². The fourth-order valence-electron chi connectivity index (χ4n) is 3.44. The number of aromatic nitrogens is 2. The number of amides is 1. The van der Waals surface area contributed by atoms with Gasteiger partial charge in [0.15, 0.2) is 5.11 Å². The second-order valence-electron chi connectivity index (χ2n) is 8.38. The summed E-state index contributed by atoms with van der Waals surface area (Å²) >= 11 is 5.58. The van der Waals surface area contributed by atoms with Gasteiger partial charge in [0.25, 0.3) is 5.91 Å². The van der Waals surface area contributed by atoms with Crippen molar-refractivity contribution in [1.29, 1.82) is 0 Å². The monoisotopic (exact) mass is 408 g/mol. The average Bonchev–Trinajstić information content (AvgIpc) is 3.28. The summed E-state index contributed by atoms with van der Waals surface area (Å²) in [7, 11) is 1.82. The molecule has 3 rings (SSSR count). The molecule has 2 aliphatic heterocycles. The minimum Gasteiger partial charge on any atom is -0.379 e. The van der Waals surface area contributed by atoms with E-state index < -0.39 is 0 Å². The van der Waals surface area contributed by atoms with E-state index in [1.165, 1.54) is 0 Å². The molecule has 0 saturated carbocycles. The van der Waals surface area contributed by atoms with Crippen molar-refractivity contribution in [2.24, 2.45) is 7.05 Å². The molecular weight excluding hydrogens is 376 g/mol.